The van der Waals surface area contributed by atoms with Crippen LogP contribution in [0.5, 0.6) is 0 Å². The number of rotatable bonds is 5. The molecule has 16 heavy (non-hydrogen) atoms. The molecule has 0 aliphatic rings. The van der Waals surface area contributed by atoms with Gasteiger partial charge in [-0.3, -0.25) is 4.79 Å². The monoisotopic (exact) mass is 244 g/mol. The van der Waals surface area contributed by atoms with Crippen molar-refractivity contribution in [2.45, 2.75) is 12.8 Å². The van der Waals surface area contributed by atoms with Crippen molar-refractivity contribution in [3.8, 4) is 0 Å². The maximum atomic E-state index is 13.3. The van der Waals surface area contributed by atoms with E-state index < -0.39 is 0 Å². The number of hydrogen-bond acceptors (Lipinski definition) is 2. The van der Waals surface area contributed by atoms with Gasteiger partial charge in [0, 0.05) is 20.0 Å². The molecule has 1 amide bonds. The van der Waals surface area contributed by atoms with Crippen molar-refractivity contribution in [2.24, 2.45) is 0 Å². The molecule has 0 heterocycles. The molecule has 0 aliphatic carbocycles. The second-order valence-corrected chi connectivity index (χ2v) is 3.71. The summed E-state index contributed by atoms with van der Waals surface area (Å²) >= 11 is 5.82. The molecule has 2 N–H and O–H groups in total. The Morgan fingerprint density at radius 2 is 2.25 bits per heavy atom. The SMILES string of the molecule is CNC(=O)CCCNc1c(F)cccc1Cl. The van der Waals surface area contributed by atoms with Gasteiger partial charge in [0.2, 0.25) is 5.91 Å². The lowest BCUT2D eigenvalue weighted by Crippen LogP contribution is -2.18. The number of amides is 1. The molecular weight excluding hydrogens is 231 g/mol. The summed E-state index contributed by atoms with van der Waals surface area (Å²) in [5, 5.41) is 5.74. The molecule has 0 unspecified atom stereocenters. The van der Waals surface area contributed by atoms with Crippen LogP contribution in [-0.2, 0) is 4.79 Å². The summed E-state index contributed by atoms with van der Waals surface area (Å²) in [7, 11) is 1.59. The molecular formula is C11H14ClFN2O. The fraction of sp³-hybridized carbons (Fsp3) is 0.364. The average Bonchev–Trinajstić information content (AvgIpc) is 2.27. The Labute approximate surface area is 99.0 Å². The molecule has 1 aromatic carbocycles. The Hall–Kier alpha value is -1.29. The molecule has 1 aromatic rings. The minimum Gasteiger partial charge on any atom is -0.381 e. The summed E-state index contributed by atoms with van der Waals surface area (Å²) in [5.41, 5.74) is 0.293. The van der Waals surface area contributed by atoms with Crippen LogP contribution in [0.2, 0.25) is 5.02 Å². The number of hydrogen-bond donors (Lipinski definition) is 2. The van der Waals surface area contributed by atoms with Crippen LogP contribution in [0.15, 0.2) is 18.2 Å². The van der Waals surface area contributed by atoms with E-state index in [4.69, 9.17) is 11.6 Å². The zero-order valence-electron chi connectivity index (χ0n) is 9.02. The minimum atomic E-state index is -0.382. The van der Waals surface area contributed by atoms with Gasteiger partial charge >= 0.3 is 0 Å². The number of anilines is 1. The zero-order valence-corrected chi connectivity index (χ0v) is 9.77. The third-order valence-corrected chi connectivity index (χ3v) is 2.44. The van der Waals surface area contributed by atoms with Gasteiger partial charge in [-0.25, -0.2) is 4.39 Å². The highest BCUT2D eigenvalue weighted by Gasteiger charge is 2.05. The van der Waals surface area contributed by atoms with Crippen LogP contribution in [-0.4, -0.2) is 19.5 Å². The highest BCUT2D eigenvalue weighted by molar-refractivity contribution is 6.33. The molecule has 5 heteroatoms. The van der Waals surface area contributed by atoms with Crippen LogP contribution in [0.1, 0.15) is 12.8 Å². The molecule has 0 aliphatic heterocycles. The van der Waals surface area contributed by atoms with Crippen LogP contribution >= 0.6 is 11.6 Å². The van der Waals surface area contributed by atoms with Crippen LogP contribution in [0.3, 0.4) is 0 Å². The molecule has 88 valence electrons. The molecule has 0 saturated carbocycles. The van der Waals surface area contributed by atoms with Crippen molar-refractivity contribution in [3.05, 3.63) is 29.0 Å². The van der Waals surface area contributed by atoms with E-state index in [-0.39, 0.29) is 11.7 Å². The topological polar surface area (TPSA) is 41.1 Å². The van der Waals surface area contributed by atoms with E-state index in [0.717, 1.165) is 0 Å². The van der Waals surface area contributed by atoms with Crippen molar-refractivity contribution in [1.82, 2.24) is 5.32 Å². The van der Waals surface area contributed by atoms with Crippen LogP contribution in [0.25, 0.3) is 0 Å². The van der Waals surface area contributed by atoms with Gasteiger partial charge in [-0.1, -0.05) is 17.7 Å². The summed E-state index contributed by atoms with van der Waals surface area (Å²) < 4.78 is 13.3. The van der Waals surface area contributed by atoms with Gasteiger partial charge < -0.3 is 10.6 Å². The quantitative estimate of drug-likeness (QED) is 0.781. The molecule has 0 saturated heterocycles. The van der Waals surface area contributed by atoms with Crippen molar-refractivity contribution in [2.75, 3.05) is 18.9 Å². The molecule has 0 atom stereocenters. The number of carbonyl (C=O) groups is 1. The van der Waals surface area contributed by atoms with Crippen LogP contribution in [0.4, 0.5) is 10.1 Å². The standard InChI is InChI=1S/C11H14ClFN2O/c1-14-10(16)6-3-7-15-11-8(12)4-2-5-9(11)13/h2,4-5,15H,3,6-7H2,1H3,(H,14,16). The lowest BCUT2D eigenvalue weighted by atomic mass is 10.2. The van der Waals surface area contributed by atoms with Gasteiger partial charge in [-0.05, 0) is 18.6 Å². The number of benzene rings is 1. The number of carbonyl (C=O) groups excluding carboxylic acids is 1. The summed E-state index contributed by atoms with van der Waals surface area (Å²) in [5.74, 6) is -0.408. The van der Waals surface area contributed by atoms with Gasteiger partial charge in [0.05, 0.1) is 10.7 Å². The first-order chi connectivity index (χ1) is 7.65. The maximum absolute atomic E-state index is 13.3. The van der Waals surface area contributed by atoms with Gasteiger partial charge in [0.25, 0.3) is 0 Å². The Morgan fingerprint density at radius 1 is 1.50 bits per heavy atom. The maximum Gasteiger partial charge on any atom is 0.219 e. The summed E-state index contributed by atoms with van der Waals surface area (Å²) in [6, 6.07) is 4.51. The van der Waals surface area contributed by atoms with E-state index in [1.54, 1.807) is 19.2 Å². The Kier molecular flexibility index (Phi) is 5.05. The fourth-order valence-electron chi connectivity index (χ4n) is 1.25. The molecule has 3 nitrogen and oxygen atoms in total. The summed E-state index contributed by atoms with van der Waals surface area (Å²) in [6.45, 7) is 0.508. The van der Waals surface area contributed by atoms with Crippen LogP contribution in [0, 0.1) is 5.82 Å². The molecule has 0 bridgehead atoms. The third kappa shape index (κ3) is 3.70. The first-order valence-corrected chi connectivity index (χ1v) is 5.41. The first kappa shape index (κ1) is 12.8. The van der Waals surface area contributed by atoms with E-state index in [1.165, 1.54) is 6.07 Å². The number of para-hydroxylation sites is 1. The molecule has 0 spiro atoms. The number of nitrogens with one attached hydrogen (secondary N) is 2. The smallest absolute Gasteiger partial charge is 0.219 e. The fourth-order valence-corrected chi connectivity index (χ4v) is 1.48. The van der Waals surface area contributed by atoms with Gasteiger partial charge in [-0.2, -0.15) is 0 Å². The number of halogens is 2. The lowest BCUT2D eigenvalue weighted by molar-refractivity contribution is -0.120. The van der Waals surface area contributed by atoms with Gasteiger partial charge in [0.15, 0.2) is 0 Å². The largest absolute Gasteiger partial charge is 0.381 e. The van der Waals surface area contributed by atoms with E-state index in [1.807, 2.05) is 0 Å². The van der Waals surface area contributed by atoms with Crippen molar-refractivity contribution in [3.63, 3.8) is 0 Å². The summed E-state index contributed by atoms with van der Waals surface area (Å²) in [4.78, 5) is 10.9. The average molecular weight is 245 g/mol. The minimum absolute atomic E-state index is 0.0265. The van der Waals surface area contributed by atoms with E-state index >= 15 is 0 Å². The Morgan fingerprint density at radius 3 is 2.88 bits per heavy atom. The van der Waals surface area contributed by atoms with Crippen molar-refractivity contribution in [1.29, 1.82) is 0 Å². The molecule has 0 fully saturated rings. The highest BCUT2D eigenvalue weighted by Crippen LogP contribution is 2.24. The molecule has 0 radical (unpaired) electrons. The van der Waals surface area contributed by atoms with Gasteiger partial charge in [-0.15, -0.1) is 0 Å². The first-order valence-electron chi connectivity index (χ1n) is 5.03. The second kappa shape index (κ2) is 6.33. The lowest BCUT2D eigenvalue weighted by Gasteiger charge is -2.08. The Bertz CT molecular complexity index is 351. The third-order valence-electron chi connectivity index (χ3n) is 2.12. The second-order valence-electron chi connectivity index (χ2n) is 3.30. The normalized spacial score (nSPS) is 9.94. The van der Waals surface area contributed by atoms with Crippen LogP contribution < -0.4 is 10.6 Å². The molecule has 0 aromatic heterocycles. The van der Waals surface area contributed by atoms with Crippen molar-refractivity contribution >= 4 is 23.2 Å². The molecule has 1 rings (SSSR count). The summed E-state index contributed by atoms with van der Waals surface area (Å²) in [6.07, 6.45) is 1.04. The van der Waals surface area contributed by atoms with E-state index in [9.17, 15) is 9.18 Å². The van der Waals surface area contributed by atoms with Gasteiger partial charge in [0.1, 0.15) is 5.82 Å². The Balaban J connectivity index is 2.40. The van der Waals surface area contributed by atoms with E-state index in [2.05, 4.69) is 10.6 Å². The highest BCUT2D eigenvalue weighted by atomic mass is 35.5. The predicted molar refractivity (Wildman–Crippen MR) is 63.2 cm³/mol. The predicted octanol–water partition coefficient (Wildman–Crippen LogP) is 2.42. The van der Waals surface area contributed by atoms with Crippen molar-refractivity contribution < 1.29 is 9.18 Å². The van der Waals surface area contributed by atoms with E-state index in [0.29, 0.717) is 30.1 Å². The zero-order chi connectivity index (χ0) is 12.0.